The first-order chi connectivity index (χ1) is 8.60. The summed E-state index contributed by atoms with van der Waals surface area (Å²) >= 11 is 0. The van der Waals surface area contributed by atoms with Gasteiger partial charge in [-0.05, 0) is 44.1 Å². The highest BCUT2D eigenvalue weighted by molar-refractivity contribution is 5.81. The molecular formula is C14H26N2O2. The van der Waals surface area contributed by atoms with Gasteiger partial charge in [0.15, 0.2) is 0 Å². The van der Waals surface area contributed by atoms with Gasteiger partial charge in [-0.2, -0.15) is 0 Å². The second-order valence-corrected chi connectivity index (χ2v) is 6.02. The van der Waals surface area contributed by atoms with Crippen LogP contribution in [0, 0.1) is 11.8 Å². The van der Waals surface area contributed by atoms with Crippen LogP contribution in [0.2, 0.25) is 0 Å². The topological polar surface area (TPSA) is 52.6 Å². The molecule has 2 N–H and O–H groups in total. The molecule has 1 aliphatic carbocycles. The molecule has 0 aromatic carbocycles. The Balaban J connectivity index is 1.78. The summed E-state index contributed by atoms with van der Waals surface area (Å²) in [4.78, 5) is 14.2. The molecule has 2 fully saturated rings. The van der Waals surface area contributed by atoms with Gasteiger partial charge in [-0.3, -0.25) is 4.79 Å². The average Bonchev–Trinajstić information content (AvgIpc) is 2.36. The summed E-state index contributed by atoms with van der Waals surface area (Å²) in [6, 6.07) is 0.0127. The molecule has 0 aromatic heterocycles. The van der Waals surface area contributed by atoms with Gasteiger partial charge in [0.25, 0.3) is 0 Å². The third-order valence-corrected chi connectivity index (χ3v) is 4.51. The number of piperidine rings is 1. The Labute approximate surface area is 110 Å². The Bertz CT molecular complexity index is 290. The number of amides is 1. The summed E-state index contributed by atoms with van der Waals surface area (Å²) in [6.07, 6.45) is 4.92. The first-order valence-electron chi connectivity index (χ1n) is 7.26. The Kier molecular flexibility index (Phi) is 4.62. The van der Waals surface area contributed by atoms with Gasteiger partial charge in [0.05, 0.1) is 12.1 Å². The molecule has 104 valence electrons. The van der Waals surface area contributed by atoms with Crippen molar-refractivity contribution in [3.8, 4) is 0 Å². The zero-order valence-corrected chi connectivity index (χ0v) is 11.6. The van der Waals surface area contributed by atoms with E-state index in [0.717, 1.165) is 32.4 Å². The van der Waals surface area contributed by atoms with E-state index in [4.69, 9.17) is 0 Å². The number of aliphatic hydroxyl groups is 1. The summed E-state index contributed by atoms with van der Waals surface area (Å²) in [5, 5.41) is 12.6. The number of likely N-dealkylation sites (N-methyl/N-ethyl adjacent to an activating group) is 1. The van der Waals surface area contributed by atoms with Gasteiger partial charge in [-0.15, -0.1) is 0 Å². The molecule has 18 heavy (non-hydrogen) atoms. The largest absolute Gasteiger partial charge is 0.393 e. The van der Waals surface area contributed by atoms with Crippen LogP contribution in [0.1, 0.15) is 39.0 Å². The number of aliphatic hydroxyl groups excluding tert-OH is 1. The molecule has 0 bridgehead atoms. The summed E-state index contributed by atoms with van der Waals surface area (Å²) in [6.45, 7) is 3.97. The van der Waals surface area contributed by atoms with E-state index in [2.05, 4.69) is 12.2 Å². The third-order valence-electron chi connectivity index (χ3n) is 4.51. The first kappa shape index (κ1) is 13.8. The van der Waals surface area contributed by atoms with E-state index in [1.54, 1.807) is 0 Å². The van der Waals surface area contributed by atoms with E-state index >= 15 is 0 Å². The molecule has 4 nitrogen and oxygen atoms in total. The molecule has 1 saturated heterocycles. The lowest BCUT2D eigenvalue weighted by molar-refractivity contribution is -0.134. The second-order valence-electron chi connectivity index (χ2n) is 6.02. The van der Waals surface area contributed by atoms with E-state index in [9.17, 15) is 9.90 Å². The van der Waals surface area contributed by atoms with Gasteiger partial charge < -0.3 is 15.3 Å². The Morgan fingerprint density at radius 1 is 1.33 bits per heavy atom. The maximum atomic E-state index is 12.3. The van der Waals surface area contributed by atoms with Gasteiger partial charge in [0.2, 0.25) is 5.91 Å². The summed E-state index contributed by atoms with van der Waals surface area (Å²) in [5.41, 5.74) is 0. The monoisotopic (exact) mass is 254 g/mol. The maximum absolute atomic E-state index is 12.3. The van der Waals surface area contributed by atoms with Gasteiger partial charge >= 0.3 is 0 Å². The van der Waals surface area contributed by atoms with Crippen LogP contribution < -0.4 is 5.32 Å². The predicted molar refractivity (Wildman–Crippen MR) is 71.2 cm³/mol. The third kappa shape index (κ3) is 3.23. The lowest BCUT2D eigenvalue weighted by atomic mass is 9.82. The van der Waals surface area contributed by atoms with Gasteiger partial charge in [0, 0.05) is 13.6 Å². The summed E-state index contributed by atoms with van der Waals surface area (Å²) in [7, 11) is 1.89. The van der Waals surface area contributed by atoms with Crippen LogP contribution >= 0.6 is 0 Å². The van der Waals surface area contributed by atoms with E-state index in [1.807, 2.05) is 11.9 Å². The zero-order chi connectivity index (χ0) is 13.1. The first-order valence-corrected chi connectivity index (χ1v) is 7.26. The molecule has 2 unspecified atom stereocenters. The molecule has 0 radical (unpaired) electrons. The van der Waals surface area contributed by atoms with Crippen molar-refractivity contribution >= 4 is 5.91 Å². The minimum absolute atomic E-state index is 0.0127. The molecule has 2 rings (SSSR count). The number of hydrogen-bond acceptors (Lipinski definition) is 3. The van der Waals surface area contributed by atoms with Crippen LogP contribution in [0.25, 0.3) is 0 Å². The highest BCUT2D eigenvalue weighted by atomic mass is 16.3. The fourth-order valence-corrected chi connectivity index (χ4v) is 3.15. The van der Waals surface area contributed by atoms with E-state index in [0.29, 0.717) is 11.8 Å². The van der Waals surface area contributed by atoms with Crippen molar-refractivity contribution in [1.82, 2.24) is 10.2 Å². The Morgan fingerprint density at radius 2 is 2.06 bits per heavy atom. The van der Waals surface area contributed by atoms with E-state index < -0.39 is 0 Å². The number of hydrogen-bond donors (Lipinski definition) is 2. The van der Waals surface area contributed by atoms with Crippen LogP contribution in [0.15, 0.2) is 0 Å². The lowest BCUT2D eigenvalue weighted by Crippen LogP contribution is -2.51. The lowest BCUT2D eigenvalue weighted by Gasteiger charge is -2.37. The SMILES string of the molecule is CCC1CCNC(C(=O)N(C)CC2CC(O)C2)C1. The number of carbonyl (C=O) groups excluding carboxylic acids is 1. The second kappa shape index (κ2) is 6.02. The van der Waals surface area contributed by atoms with Crippen molar-refractivity contribution < 1.29 is 9.90 Å². The molecule has 1 saturated carbocycles. The van der Waals surface area contributed by atoms with Gasteiger partial charge in [-0.1, -0.05) is 13.3 Å². The smallest absolute Gasteiger partial charge is 0.239 e. The predicted octanol–water partition coefficient (Wildman–Crippen LogP) is 0.994. The quantitative estimate of drug-likeness (QED) is 0.787. The van der Waals surface area contributed by atoms with Crippen LogP contribution in [-0.2, 0) is 4.79 Å². The molecule has 0 aromatic rings. The highest BCUT2D eigenvalue weighted by Crippen LogP contribution is 2.28. The fraction of sp³-hybridized carbons (Fsp3) is 0.929. The molecule has 2 aliphatic rings. The van der Waals surface area contributed by atoms with Crippen LogP contribution in [-0.4, -0.2) is 48.2 Å². The molecular weight excluding hydrogens is 228 g/mol. The number of rotatable bonds is 4. The maximum Gasteiger partial charge on any atom is 0.239 e. The minimum Gasteiger partial charge on any atom is -0.393 e. The van der Waals surface area contributed by atoms with Crippen molar-refractivity contribution in [2.24, 2.45) is 11.8 Å². The van der Waals surface area contributed by atoms with Crippen LogP contribution in [0.5, 0.6) is 0 Å². The highest BCUT2D eigenvalue weighted by Gasteiger charge is 2.32. The van der Waals surface area contributed by atoms with E-state index in [-0.39, 0.29) is 18.1 Å². The zero-order valence-electron chi connectivity index (χ0n) is 11.6. The van der Waals surface area contributed by atoms with Crippen molar-refractivity contribution in [3.63, 3.8) is 0 Å². The molecule has 4 heteroatoms. The summed E-state index contributed by atoms with van der Waals surface area (Å²) < 4.78 is 0. The van der Waals surface area contributed by atoms with Crippen molar-refractivity contribution in [3.05, 3.63) is 0 Å². The Morgan fingerprint density at radius 3 is 2.67 bits per heavy atom. The van der Waals surface area contributed by atoms with E-state index in [1.165, 1.54) is 12.8 Å². The molecule has 2 atom stereocenters. The number of nitrogens with one attached hydrogen (secondary N) is 1. The minimum atomic E-state index is -0.129. The van der Waals surface area contributed by atoms with Gasteiger partial charge in [0.1, 0.15) is 0 Å². The molecule has 1 amide bonds. The van der Waals surface area contributed by atoms with Gasteiger partial charge in [-0.25, -0.2) is 0 Å². The van der Waals surface area contributed by atoms with Crippen molar-refractivity contribution in [2.75, 3.05) is 20.1 Å². The number of carbonyl (C=O) groups is 1. The van der Waals surface area contributed by atoms with Crippen molar-refractivity contribution in [2.45, 2.75) is 51.2 Å². The fourth-order valence-electron chi connectivity index (χ4n) is 3.15. The van der Waals surface area contributed by atoms with Crippen molar-refractivity contribution in [1.29, 1.82) is 0 Å². The molecule has 1 heterocycles. The Hall–Kier alpha value is -0.610. The molecule has 0 spiro atoms. The average molecular weight is 254 g/mol. The number of nitrogens with zero attached hydrogens (tertiary/aromatic N) is 1. The molecule has 1 aliphatic heterocycles. The summed E-state index contributed by atoms with van der Waals surface area (Å²) in [5.74, 6) is 1.42. The van der Waals surface area contributed by atoms with Crippen LogP contribution in [0.3, 0.4) is 0 Å². The standard InChI is InChI=1S/C14H26N2O2/c1-3-10-4-5-15-13(8-10)14(18)16(2)9-11-6-12(17)7-11/h10-13,15,17H,3-9H2,1-2H3. The van der Waals surface area contributed by atoms with Crippen LogP contribution in [0.4, 0.5) is 0 Å². The normalized spacial score (nSPS) is 35.9.